The van der Waals surface area contributed by atoms with E-state index in [4.69, 9.17) is 4.74 Å². The van der Waals surface area contributed by atoms with Crippen LogP contribution in [0, 0.1) is 0 Å². The molecule has 0 amide bonds. The lowest BCUT2D eigenvalue weighted by atomic mass is 9.96. The van der Waals surface area contributed by atoms with E-state index in [-0.39, 0.29) is 5.65 Å². The number of alkyl halides is 3. The highest BCUT2D eigenvalue weighted by Crippen LogP contribution is 2.47. The molecule has 0 fully saturated rings. The van der Waals surface area contributed by atoms with Crippen molar-refractivity contribution < 1.29 is 17.9 Å². The van der Waals surface area contributed by atoms with Gasteiger partial charge in [0.2, 0.25) is 5.82 Å². The maximum Gasteiger partial charge on any atom is 0.450 e. The minimum atomic E-state index is -4.69. The highest BCUT2D eigenvalue weighted by atomic mass is 19.4. The van der Waals surface area contributed by atoms with Crippen LogP contribution in [-0.2, 0) is 6.18 Å². The SMILES string of the molecule is FC(F)(F)c1nc2c3c(cn2-c2cccc(Oc4ccc5c6ccccc6n(-c6ccccn6)c5c4)c2)-c2ccccc2-c2ccccc2-n13. The second-order valence-electron chi connectivity index (χ2n) is 12.2. The number of para-hydroxylation sites is 2. The molecule has 1 aliphatic heterocycles. The summed E-state index contributed by atoms with van der Waals surface area (Å²) >= 11 is 0. The summed E-state index contributed by atoms with van der Waals surface area (Å²) in [5, 5.41) is 2.16. The molecule has 0 saturated carbocycles. The smallest absolute Gasteiger partial charge is 0.450 e. The molecule has 0 bridgehead atoms. The second kappa shape index (κ2) is 10.4. The molecule has 240 valence electrons. The van der Waals surface area contributed by atoms with E-state index in [1.54, 1.807) is 22.9 Å². The fourth-order valence-electron chi connectivity index (χ4n) is 7.32. The first kappa shape index (κ1) is 28.4. The third-order valence-electron chi connectivity index (χ3n) is 9.36. The molecule has 9 heteroatoms. The summed E-state index contributed by atoms with van der Waals surface area (Å²) in [4.78, 5) is 8.88. The maximum atomic E-state index is 14.7. The van der Waals surface area contributed by atoms with Crippen molar-refractivity contribution in [2.75, 3.05) is 0 Å². The summed E-state index contributed by atoms with van der Waals surface area (Å²) in [6.07, 6.45) is -1.05. The summed E-state index contributed by atoms with van der Waals surface area (Å²) in [7, 11) is 0. The number of ether oxygens (including phenoxy) is 1. The third-order valence-corrected chi connectivity index (χ3v) is 9.36. The predicted molar refractivity (Wildman–Crippen MR) is 188 cm³/mol. The van der Waals surface area contributed by atoms with Crippen LogP contribution >= 0.6 is 0 Å². The van der Waals surface area contributed by atoms with Crippen LogP contribution in [0.4, 0.5) is 13.2 Å². The summed E-state index contributed by atoms with van der Waals surface area (Å²) < 4.78 is 55.6. The van der Waals surface area contributed by atoms with Gasteiger partial charge >= 0.3 is 6.18 Å². The van der Waals surface area contributed by atoms with Gasteiger partial charge in [0.05, 0.1) is 22.4 Å². The van der Waals surface area contributed by atoms with Gasteiger partial charge in [0, 0.05) is 46.4 Å². The molecular weight excluding hydrogens is 635 g/mol. The molecule has 0 N–H and O–H groups in total. The molecule has 0 atom stereocenters. The summed E-state index contributed by atoms with van der Waals surface area (Å²) in [5.41, 5.74) is 6.69. The van der Waals surface area contributed by atoms with Crippen LogP contribution in [0.2, 0.25) is 0 Å². The summed E-state index contributed by atoms with van der Waals surface area (Å²) in [6, 6.07) is 42.1. The Hall–Kier alpha value is -6.61. The summed E-state index contributed by atoms with van der Waals surface area (Å²) in [5.74, 6) is 0.957. The number of hydrogen-bond donors (Lipinski definition) is 0. The lowest BCUT2D eigenvalue weighted by molar-refractivity contribution is -0.145. The summed E-state index contributed by atoms with van der Waals surface area (Å²) in [6.45, 7) is 0. The molecule has 9 aromatic rings. The van der Waals surface area contributed by atoms with E-state index >= 15 is 0 Å². The van der Waals surface area contributed by atoms with E-state index in [2.05, 4.69) is 26.7 Å². The van der Waals surface area contributed by atoms with Crippen molar-refractivity contribution in [2.45, 2.75) is 6.18 Å². The minimum absolute atomic E-state index is 0.206. The molecule has 0 saturated heterocycles. The van der Waals surface area contributed by atoms with Crippen molar-refractivity contribution in [2.24, 2.45) is 0 Å². The average molecular weight is 660 g/mol. The van der Waals surface area contributed by atoms with Gasteiger partial charge in [0.1, 0.15) is 22.8 Å². The van der Waals surface area contributed by atoms with Crippen LogP contribution in [0.3, 0.4) is 0 Å². The molecule has 6 nitrogen and oxygen atoms in total. The molecule has 0 spiro atoms. The first-order valence-corrected chi connectivity index (χ1v) is 16.1. The minimum Gasteiger partial charge on any atom is -0.457 e. The number of imidazole rings is 1. The zero-order valence-corrected chi connectivity index (χ0v) is 26.1. The van der Waals surface area contributed by atoms with Gasteiger partial charge in [0.15, 0.2) is 5.65 Å². The van der Waals surface area contributed by atoms with Crippen molar-refractivity contribution >= 4 is 33.0 Å². The average Bonchev–Trinajstić information content (AvgIpc) is 3.79. The fourth-order valence-corrected chi connectivity index (χ4v) is 7.32. The Morgan fingerprint density at radius 1 is 0.580 bits per heavy atom. The zero-order chi connectivity index (χ0) is 33.6. The maximum absolute atomic E-state index is 14.7. The van der Waals surface area contributed by atoms with Gasteiger partial charge in [0.25, 0.3) is 0 Å². The Morgan fingerprint density at radius 3 is 2.12 bits per heavy atom. The number of fused-ring (bicyclic) bond motifs is 8. The van der Waals surface area contributed by atoms with E-state index in [1.807, 2.05) is 115 Å². The highest BCUT2D eigenvalue weighted by molar-refractivity contribution is 6.09. The molecule has 10 rings (SSSR count). The number of hydrogen-bond acceptors (Lipinski definition) is 3. The van der Waals surface area contributed by atoms with E-state index in [0.717, 1.165) is 38.8 Å². The third kappa shape index (κ3) is 4.16. The molecule has 5 aromatic carbocycles. The van der Waals surface area contributed by atoms with Crippen LogP contribution in [0.15, 0.2) is 146 Å². The number of pyridine rings is 1. The number of nitrogens with zero attached hydrogens (tertiary/aromatic N) is 5. The van der Waals surface area contributed by atoms with Crippen LogP contribution in [0.1, 0.15) is 5.82 Å². The van der Waals surface area contributed by atoms with E-state index in [0.29, 0.717) is 39.5 Å². The van der Waals surface area contributed by atoms with Crippen LogP contribution in [0.5, 0.6) is 11.5 Å². The largest absolute Gasteiger partial charge is 0.457 e. The van der Waals surface area contributed by atoms with Gasteiger partial charge in [-0.05, 0) is 59.7 Å². The van der Waals surface area contributed by atoms with Crippen LogP contribution < -0.4 is 4.74 Å². The first-order valence-electron chi connectivity index (χ1n) is 16.1. The van der Waals surface area contributed by atoms with Gasteiger partial charge in [-0.3, -0.25) is 13.7 Å². The van der Waals surface area contributed by atoms with Crippen molar-refractivity contribution in [3.05, 3.63) is 152 Å². The molecule has 0 radical (unpaired) electrons. The number of rotatable bonds is 4. The fraction of sp³-hybridized carbons (Fsp3) is 0.0244. The van der Waals surface area contributed by atoms with E-state index in [1.165, 1.54) is 4.57 Å². The van der Waals surface area contributed by atoms with Crippen molar-refractivity contribution in [3.63, 3.8) is 0 Å². The Bertz CT molecular complexity index is 2790. The Kier molecular flexibility index (Phi) is 5.93. The standard InChI is InChI=1S/C41H24F3N5O/c42-41(43,44)40-46-39-38-33(29-13-2-1-12-28(29)30-14-3-6-17-35(30)49(38)40)24-47(39)25-10-9-11-26(22-25)50-27-19-20-32-31-15-4-5-16-34(31)48(36(32)23-27)37-18-7-8-21-45-37/h1-24H. The topological polar surface area (TPSA) is 49.8 Å². The van der Waals surface area contributed by atoms with Crippen molar-refractivity contribution in [1.29, 1.82) is 0 Å². The quantitative estimate of drug-likeness (QED) is 0.189. The Labute approximate surface area is 282 Å². The zero-order valence-electron chi connectivity index (χ0n) is 26.1. The molecule has 1 aliphatic rings. The van der Waals surface area contributed by atoms with E-state index in [9.17, 15) is 13.2 Å². The van der Waals surface area contributed by atoms with Gasteiger partial charge in [-0.15, -0.1) is 0 Å². The van der Waals surface area contributed by atoms with Crippen LogP contribution in [-0.4, -0.2) is 23.7 Å². The number of halogens is 3. The molecule has 0 aliphatic carbocycles. The normalized spacial score (nSPS) is 12.3. The number of aromatic nitrogens is 5. The Balaban J connectivity index is 1.12. The van der Waals surface area contributed by atoms with Gasteiger partial charge in [-0.25, -0.2) is 9.97 Å². The van der Waals surface area contributed by atoms with Crippen molar-refractivity contribution in [3.8, 4) is 50.9 Å². The lowest BCUT2D eigenvalue weighted by Gasteiger charge is -2.14. The van der Waals surface area contributed by atoms with Crippen molar-refractivity contribution in [1.82, 2.24) is 23.7 Å². The monoisotopic (exact) mass is 659 g/mol. The second-order valence-corrected chi connectivity index (χ2v) is 12.2. The predicted octanol–water partition coefficient (Wildman–Crippen LogP) is 10.8. The first-order chi connectivity index (χ1) is 24.4. The lowest BCUT2D eigenvalue weighted by Crippen LogP contribution is -2.14. The molecule has 0 unspecified atom stereocenters. The molecular formula is C41H24F3N5O. The molecule has 5 heterocycles. The highest BCUT2D eigenvalue weighted by Gasteiger charge is 2.41. The van der Waals surface area contributed by atoms with E-state index < -0.39 is 12.0 Å². The molecule has 50 heavy (non-hydrogen) atoms. The van der Waals surface area contributed by atoms with Gasteiger partial charge in [-0.2, -0.15) is 13.2 Å². The number of benzene rings is 5. The van der Waals surface area contributed by atoms with Gasteiger partial charge < -0.3 is 4.74 Å². The Morgan fingerprint density at radius 2 is 1.30 bits per heavy atom. The van der Waals surface area contributed by atoms with Crippen LogP contribution in [0.25, 0.3) is 72.4 Å². The van der Waals surface area contributed by atoms with Gasteiger partial charge in [-0.1, -0.05) is 72.8 Å². The molecule has 4 aromatic heterocycles.